The van der Waals surface area contributed by atoms with Crippen molar-refractivity contribution in [1.82, 2.24) is 0 Å². The Morgan fingerprint density at radius 1 is 0.608 bits per heavy atom. The van der Waals surface area contributed by atoms with Gasteiger partial charge in [-0.15, -0.1) is 0 Å². The first-order chi connectivity index (χ1) is 25.1. The first-order valence-corrected chi connectivity index (χ1v) is 17.5. The highest BCUT2D eigenvalue weighted by molar-refractivity contribution is 6.31. The number of ether oxygens (including phenoxy) is 6. The third kappa shape index (κ3) is 10.4. The molecular formula is C43H43ClO7. The van der Waals surface area contributed by atoms with Crippen LogP contribution in [0.25, 0.3) is 0 Å². The molecule has 0 aliphatic carbocycles. The molecule has 0 spiro atoms. The molecule has 1 heterocycles. The third-order valence-corrected chi connectivity index (χ3v) is 9.21. The van der Waals surface area contributed by atoms with Gasteiger partial charge in [0.15, 0.2) is 0 Å². The zero-order chi connectivity index (χ0) is 35.3. The average molecular weight is 707 g/mol. The largest absolute Gasteiger partial charge is 0.469 e. The summed E-state index contributed by atoms with van der Waals surface area (Å²) in [4.78, 5) is 12.3. The van der Waals surface area contributed by atoms with Crippen molar-refractivity contribution in [2.24, 2.45) is 0 Å². The van der Waals surface area contributed by atoms with Gasteiger partial charge in [0, 0.05) is 5.02 Å². The van der Waals surface area contributed by atoms with Gasteiger partial charge in [0.25, 0.3) is 0 Å². The summed E-state index contributed by atoms with van der Waals surface area (Å²) in [5.74, 6) is -0.388. The van der Waals surface area contributed by atoms with E-state index in [0.717, 1.165) is 27.8 Å². The minimum absolute atomic E-state index is 0.0196. The molecule has 1 aliphatic heterocycles. The second kappa shape index (κ2) is 18.8. The number of hydrogen-bond acceptors (Lipinski definition) is 7. The quantitative estimate of drug-likeness (QED) is 0.0954. The van der Waals surface area contributed by atoms with Crippen molar-refractivity contribution in [3.63, 3.8) is 0 Å². The van der Waals surface area contributed by atoms with Crippen LogP contribution >= 0.6 is 11.6 Å². The number of methoxy groups -OCH3 is 1. The lowest BCUT2D eigenvalue weighted by Gasteiger charge is -2.46. The van der Waals surface area contributed by atoms with Gasteiger partial charge in [0.05, 0.1) is 46.6 Å². The van der Waals surface area contributed by atoms with Gasteiger partial charge in [0.2, 0.25) is 0 Å². The second-order valence-electron chi connectivity index (χ2n) is 12.5. The molecule has 0 unspecified atom stereocenters. The van der Waals surface area contributed by atoms with Crippen LogP contribution in [0.15, 0.2) is 140 Å². The van der Waals surface area contributed by atoms with Gasteiger partial charge < -0.3 is 28.4 Å². The number of rotatable bonds is 16. The van der Waals surface area contributed by atoms with Gasteiger partial charge in [-0.05, 0) is 39.4 Å². The predicted molar refractivity (Wildman–Crippen MR) is 196 cm³/mol. The summed E-state index contributed by atoms with van der Waals surface area (Å²) >= 11 is 6.59. The van der Waals surface area contributed by atoms with E-state index in [1.807, 2.05) is 133 Å². The zero-order valence-electron chi connectivity index (χ0n) is 28.6. The maximum Gasteiger partial charge on any atom is 0.310 e. The van der Waals surface area contributed by atoms with Crippen LogP contribution in [-0.4, -0.2) is 44.1 Å². The molecule has 1 fully saturated rings. The van der Waals surface area contributed by atoms with Crippen LogP contribution in [0.4, 0.5) is 0 Å². The van der Waals surface area contributed by atoms with Gasteiger partial charge in [-0.25, -0.2) is 0 Å². The smallest absolute Gasteiger partial charge is 0.310 e. The summed E-state index contributed by atoms with van der Waals surface area (Å²) in [5.41, 5.74) is 5.53. The van der Waals surface area contributed by atoms with Crippen molar-refractivity contribution in [2.75, 3.05) is 13.7 Å². The normalized spacial score (nSPS) is 20.2. The Morgan fingerprint density at radius 3 is 1.59 bits per heavy atom. The zero-order valence-corrected chi connectivity index (χ0v) is 29.4. The Morgan fingerprint density at radius 2 is 1.08 bits per heavy atom. The molecule has 0 aromatic heterocycles. The fraction of sp³-hybridized carbons (Fsp3) is 0.279. The molecule has 8 heteroatoms. The van der Waals surface area contributed by atoms with Crippen molar-refractivity contribution < 1.29 is 33.2 Å². The highest BCUT2D eigenvalue weighted by atomic mass is 35.5. The molecule has 1 saturated heterocycles. The molecule has 0 saturated carbocycles. The van der Waals surface area contributed by atoms with Gasteiger partial charge >= 0.3 is 5.97 Å². The SMILES string of the molecule is COC(=O)Cc1cc([C@@H]2O[C@H](COCc3ccccc3)[C@@H](OCc3ccccc3)[C@H](OCc3ccccc3)[C@H]2OCc2ccccc2)ccc1Cl. The predicted octanol–water partition coefficient (Wildman–Crippen LogP) is 8.47. The van der Waals surface area contributed by atoms with Gasteiger partial charge in [0.1, 0.15) is 30.5 Å². The molecule has 0 amide bonds. The molecule has 5 atom stereocenters. The molecule has 51 heavy (non-hydrogen) atoms. The number of benzene rings is 5. The standard InChI is InChI=1S/C43H43ClO7/c1-46-39(45)25-36-24-35(22-23-37(36)44)40-42(49-28-33-18-10-4-11-19-33)43(50-29-34-20-12-5-13-21-34)41(48-27-32-16-8-3-9-17-32)38(51-40)30-47-26-31-14-6-2-7-15-31/h2-24,38,40-43H,25-30H2,1H3/t38-,40+,41-,42+,43+/m1/s1. The number of halogens is 1. The lowest BCUT2D eigenvalue weighted by molar-refractivity contribution is -0.275. The molecule has 264 valence electrons. The monoisotopic (exact) mass is 706 g/mol. The summed E-state index contributed by atoms with van der Waals surface area (Å²) in [6.45, 7) is 1.64. The first-order valence-electron chi connectivity index (χ1n) is 17.2. The minimum atomic E-state index is -0.620. The molecule has 5 aromatic rings. The maximum absolute atomic E-state index is 12.3. The van der Waals surface area contributed by atoms with Crippen molar-refractivity contribution in [3.05, 3.63) is 178 Å². The molecule has 0 radical (unpaired) electrons. The summed E-state index contributed by atoms with van der Waals surface area (Å²) in [7, 11) is 1.36. The van der Waals surface area contributed by atoms with Crippen molar-refractivity contribution in [3.8, 4) is 0 Å². The number of carbonyl (C=O) groups excluding carboxylic acids is 1. The topological polar surface area (TPSA) is 72.5 Å². The summed E-state index contributed by atoms with van der Waals surface area (Å²) in [5, 5.41) is 0.463. The van der Waals surface area contributed by atoms with Crippen LogP contribution in [0.3, 0.4) is 0 Å². The van der Waals surface area contributed by atoms with Gasteiger partial charge in [-0.3, -0.25) is 4.79 Å². The van der Waals surface area contributed by atoms with E-state index >= 15 is 0 Å². The fourth-order valence-corrected chi connectivity index (χ4v) is 6.38. The van der Waals surface area contributed by atoms with Crippen LogP contribution in [0.1, 0.15) is 39.5 Å². The second-order valence-corrected chi connectivity index (χ2v) is 12.9. The first kappa shape index (κ1) is 36.5. The highest BCUT2D eigenvalue weighted by Gasteiger charge is 2.49. The van der Waals surface area contributed by atoms with Crippen molar-refractivity contribution in [2.45, 2.75) is 63.4 Å². The van der Waals surface area contributed by atoms with Gasteiger partial charge in [-0.1, -0.05) is 145 Å². The van der Waals surface area contributed by atoms with E-state index in [1.165, 1.54) is 7.11 Å². The maximum atomic E-state index is 12.3. The molecule has 1 aliphatic rings. The molecule has 5 aromatic carbocycles. The van der Waals surface area contributed by atoms with E-state index in [-0.39, 0.29) is 19.0 Å². The highest BCUT2D eigenvalue weighted by Crippen LogP contribution is 2.39. The van der Waals surface area contributed by atoms with Gasteiger partial charge in [-0.2, -0.15) is 0 Å². The van der Waals surface area contributed by atoms with E-state index in [2.05, 4.69) is 0 Å². The van der Waals surface area contributed by atoms with Crippen LogP contribution < -0.4 is 0 Å². The fourth-order valence-electron chi connectivity index (χ4n) is 6.19. The Kier molecular flexibility index (Phi) is 13.4. The molecule has 7 nitrogen and oxygen atoms in total. The summed E-state index contributed by atoms with van der Waals surface area (Å²) < 4.78 is 38.8. The van der Waals surface area contributed by atoms with Crippen LogP contribution in [0.5, 0.6) is 0 Å². The molecule has 0 bridgehead atoms. The van der Waals surface area contributed by atoms with E-state index in [4.69, 9.17) is 40.0 Å². The minimum Gasteiger partial charge on any atom is -0.469 e. The van der Waals surface area contributed by atoms with Crippen LogP contribution in [0, 0.1) is 0 Å². The van der Waals surface area contributed by atoms with Crippen LogP contribution in [0.2, 0.25) is 5.02 Å². The summed E-state index contributed by atoms with van der Waals surface area (Å²) in [6, 6.07) is 45.7. The van der Waals surface area contributed by atoms with Crippen molar-refractivity contribution >= 4 is 17.6 Å². The Hall–Kier alpha value is -4.34. The molecular weight excluding hydrogens is 664 g/mol. The average Bonchev–Trinajstić information content (AvgIpc) is 3.18. The number of carbonyl (C=O) groups is 1. The lowest BCUT2D eigenvalue weighted by Crippen LogP contribution is -2.58. The molecule has 0 N–H and O–H groups in total. The van der Waals surface area contributed by atoms with E-state index in [9.17, 15) is 4.79 Å². The number of hydrogen-bond donors (Lipinski definition) is 0. The van der Waals surface area contributed by atoms with E-state index < -0.39 is 30.5 Å². The number of esters is 1. The Labute approximate surface area is 305 Å². The Balaban J connectivity index is 1.38. The van der Waals surface area contributed by atoms with Crippen LogP contribution in [-0.2, 0) is 66.1 Å². The summed E-state index contributed by atoms with van der Waals surface area (Å²) in [6.07, 6.45) is -2.91. The lowest BCUT2D eigenvalue weighted by atomic mass is 9.89. The van der Waals surface area contributed by atoms with Crippen molar-refractivity contribution in [1.29, 1.82) is 0 Å². The third-order valence-electron chi connectivity index (χ3n) is 8.84. The molecule has 6 rings (SSSR count). The van der Waals surface area contributed by atoms with E-state index in [0.29, 0.717) is 37.0 Å². The Bertz CT molecular complexity index is 1770. The van der Waals surface area contributed by atoms with E-state index in [1.54, 1.807) is 6.07 Å².